The number of urea groups is 1. The van der Waals surface area contributed by atoms with Crippen molar-refractivity contribution in [3.05, 3.63) is 72.3 Å². The molecule has 0 spiro atoms. The Hall–Kier alpha value is -4.00. The van der Waals surface area contributed by atoms with Gasteiger partial charge in [-0.05, 0) is 35.7 Å². The normalized spacial score (nSPS) is 16.1. The number of hydrogen-bond donors (Lipinski definition) is 2. The van der Waals surface area contributed by atoms with E-state index in [1.54, 1.807) is 30.3 Å². The Labute approximate surface area is 226 Å². The number of fused-ring (bicyclic) bond motifs is 1. The van der Waals surface area contributed by atoms with Crippen molar-refractivity contribution in [3.63, 3.8) is 0 Å². The van der Waals surface area contributed by atoms with E-state index in [9.17, 15) is 22.8 Å². The summed E-state index contributed by atoms with van der Waals surface area (Å²) in [5.41, 5.74) is 0.759. The number of ether oxygens (including phenoxy) is 2. The van der Waals surface area contributed by atoms with Crippen LogP contribution in [0.1, 0.15) is 10.4 Å². The fourth-order valence-corrected chi connectivity index (χ4v) is 6.19. The van der Waals surface area contributed by atoms with Gasteiger partial charge in [-0.3, -0.25) is 4.79 Å². The lowest BCUT2D eigenvalue weighted by atomic mass is 10.1. The number of nitrogens with zero attached hydrogens (tertiary/aromatic N) is 2. The Morgan fingerprint density at radius 2 is 1.67 bits per heavy atom. The topological polar surface area (TPSA) is 134 Å². The lowest BCUT2D eigenvalue weighted by Crippen LogP contribution is -2.62. The zero-order valence-corrected chi connectivity index (χ0v) is 22.4. The number of amides is 3. The van der Waals surface area contributed by atoms with E-state index in [0.717, 1.165) is 9.69 Å². The molecule has 1 saturated heterocycles. The lowest BCUT2D eigenvalue weighted by molar-refractivity contribution is -0.126. The van der Waals surface area contributed by atoms with Gasteiger partial charge in [0, 0.05) is 44.4 Å². The molecule has 4 rings (SSSR count). The summed E-state index contributed by atoms with van der Waals surface area (Å²) in [7, 11) is -1.33. The van der Waals surface area contributed by atoms with E-state index < -0.39 is 34.0 Å². The molecule has 1 fully saturated rings. The molecule has 206 valence electrons. The van der Waals surface area contributed by atoms with Crippen molar-refractivity contribution in [2.75, 3.05) is 52.3 Å². The number of carbonyl (C=O) groups is 3. The summed E-state index contributed by atoms with van der Waals surface area (Å²) in [6, 6.07) is 16.6. The van der Waals surface area contributed by atoms with Crippen LogP contribution < -0.4 is 10.6 Å². The average molecular weight is 555 g/mol. The summed E-state index contributed by atoms with van der Waals surface area (Å²) in [4.78, 5) is 39.4. The van der Waals surface area contributed by atoms with E-state index >= 15 is 0 Å². The van der Waals surface area contributed by atoms with Gasteiger partial charge in [-0.25, -0.2) is 18.0 Å². The highest BCUT2D eigenvalue weighted by Gasteiger charge is 2.41. The number of nitrogens with one attached hydrogen (secondary N) is 2. The van der Waals surface area contributed by atoms with Crippen LogP contribution in [-0.2, 0) is 24.3 Å². The number of piperazine rings is 1. The van der Waals surface area contributed by atoms with Crippen molar-refractivity contribution in [1.29, 1.82) is 0 Å². The van der Waals surface area contributed by atoms with Gasteiger partial charge in [0.2, 0.25) is 15.9 Å². The SMILES string of the molecule is COCCNC(=O)C1CN(C(=O)Nc2ccc(C(=O)OC)cc2)CCN1S(=O)(=O)c1cccc2ccccc12. The third-order valence-electron chi connectivity index (χ3n) is 6.42. The molecular formula is C27H30N4O7S. The van der Waals surface area contributed by atoms with Gasteiger partial charge in [-0.1, -0.05) is 36.4 Å². The maximum Gasteiger partial charge on any atom is 0.337 e. The minimum absolute atomic E-state index is 0.0674. The van der Waals surface area contributed by atoms with E-state index in [0.29, 0.717) is 16.6 Å². The molecule has 0 saturated carbocycles. The van der Waals surface area contributed by atoms with Gasteiger partial charge in [0.25, 0.3) is 0 Å². The maximum absolute atomic E-state index is 13.9. The summed E-state index contributed by atoms with van der Waals surface area (Å²) in [5.74, 6) is -1.03. The van der Waals surface area contributed by atoms with Crippen molar-refractivity contribution in [3.8, 4) is 0 Å². The molecule has 3 amide bonds. The highest BCUT2D eigenvalue weighted by atomic mass is 32.2. The second-order valence-electron chi connectivity index (χ2n) is 8.84. The van der Waals surface area contributed by atoms with Crippen molar-refractivity contribution in [2.24, 2.45) is 0 Å². The van der Waals surface area contributed by atoms with Crippen molar-refractivity contribution >= 4 is 44.4 Å². The van der Waals surface area contributed by atoms with E-state index in [4.69, 9.17) is 4.74 Å². The Kier molecular flexibility index (Phi) is 8.79. The molecule has 12 heteroatoms. The molecule has 3 aromatic carbocycles. The van der Waals surface area contributed by atoms with Gasteiger partial charge in [0.05, 0.1) is 24.2 Å². The van der Waals surface area contributed by atoms with Crippen LogP contribution in [0.25, 0.3) is 10.8 Å². The van der Waals surface area contributed by atoms with E-state index in [1.165, 1.54) is 37.3 Å². The lowest BCUT2D eigenvalue weighted by Gasteiger charge is -2.39. The fraction of sp³-hybridized carbons (Fsp3) is 0.296. The molecule has 2 N–H and O–H groups in total. The Balaban J connectivity index is 1.57. The van der Waals surface area contributed by atoms with Crippen LogP contribution >= 0.6 is 0 Å². The highest BCUT2D eigenvalue weighted by Crippen LogP contribution is 2.28. The van der Waals surface area contributed by atoms with Crippen LogP contribution in [0.15, 0.2) is 71.6 Å². The molecule has 1 heterocycles. The summed E-state index contributed by atoms with van der Waals surface area (Å²) < 4.78 is 38.6. The van der Waals surface area contributed by atoms with Gasteiger partial charge >= 0.3 is 12.0 Å². The second kappa shape index (κ2) is 12.2. The van der Waals surface area contributed by atoms with Gasteiger partial charge in [-0.2, -0.15) is 4.31 Å². The molecule has 0 radical (unpaired) electrons. The first kappa shape index (κ1) is 28.0. The molecule has 1 atom stereocenters. The molecule has 3 aromatic rings. The van der Waals surface area contributed by atoms with E-state index in [-0.39, 0.29) is 37.7 Å². The number of hydrogen-bond acceptors (Lipinski definition) is 7. The highest BCUT2D eigenvalue weighted by molar-refractivity contribution is 7.89. The van der Waals surface area contributed by atoms with Gasteiger partial charge in [0.1, 0.15) is 6.04 Å². The molecule has 1 aliphatic rings. The maximum atomic E-state index is 13.9. The van der Waals surface area contributed by atoms with Crippen LogP contribution in [0.3, 0.4) is 0 Å². The van der Waals surface area contributed by atoms with Crippen LogP contribution in [0.5, 0.6) is 0 Å². The fourth-order valence-electron chi connectivity index (χ4n) is 4.40. The molecule has 0 bridgehead atoms. The molecule has 1 aliphatic heterocycles. The van der Waals surface area contributed by atoms with E-state index in [2.05, 4.69) is 15.4 Å². The zero-order valence-electron chi connectivity index (χ0n) is 21.6. The number of methoxy groups -OCH3 is 2. The first-order valence-corrected chi connectivity index (χ1v) is 13.7. The standard InChI is InChI=1S/C27H30N4O7S/c1-37-17-14-28-25(32)23-18-30(27(34)29-21-12-10-20(11-13-21)26(33)38-2)15-16-31(23)39(35,36)24-9-5-7-19-6-3-4-8-22(19)24/h3-13,23H,14-18H2,1-2H3,(H,28,32)(H,29,34). The quantitative estimate of drug-likeness (QED) is 0.322. The number of anilines is 1. The third kappa shape index (κ3) is 6.19. The zero-order chi connectivity index (χ0) is 28.0. The Morgan fingerprint density at radius 3 is 2.38 bits per heavy atom. The summed E-state index contributed by atoms with van der Waals surface area (Å²) >= 11 is 0. The van der Waals surface area contributed by atoms with E-state index in [1.807, 2.05) is 18.2 Å². The number of sulfonamides is 1. The smallest absolute Gasteiger partial charge is 0.337 e. The molecule has 0 aromatic heterocycles. The van der Waals surface area contributed by atoms with Gasteiger partial charge in [-0.15, -0.1) is 0 Å². The first-order valence-electron chi connectivity index (χ1n) is 12.3. The van der Waals surface area contributed by atoms with Gasteiger partial charge < -0.3 is 25.0 Å². The first-order chi connectivity index (χ1) is 18.8. The van der Waals surface area contributed by atoms with Gasteiger partial charge in [0.15, 0.2) is 0 Å². The molecule has 11 nitrogen and oxygen atoms in total. The predicted octanol–water partition coefficient (Wildman–Crippen LogP) is 2.30. The minimum atomic E-state index is -4.10. The van der Waals surface area contributed by atoms with Crippen molar-refractivity contribution in [2.45, 2.75) is 10.9 Å². The van der Waals surface area contributed by atoms with Crippen molar-refractivity contribution < 1.29 is 32.3 Å². The Morgan fingerprint density at radius 1 is 0.949 bits per heavy atom. The number of carbonyl (C=O) groups excluding carboxylic acids is 3. The molecular weight excluding hydrogens is 524 g/mol. The summed E-state index contributed by atoms with van der Waals surface area (Å²) in [6.07, 6.45) is 0. The van der Waals surface area contributed by atoms with Crippen LogP contribution in [-0.4, -0.2) is 88.6 Å². The summed E-state index contributed by atoms with van der Waals surface area (Å²) in [6.45, 7) is 0.266. The number of benzene rings is 3. The summed E-state index contributed by atoms with van der Waals surface area (Å²) in [5, 5.41) is 6.75. The molecule has 0 aliphatic carbocycles. The largest absolute Gasteiger partial charge is 0.465 e. The second-order valence-corrected chi connectivity index (χ2v) is 10.7. The minimum Gasteiger partial charge on any atom is -0.465 e. The van der Waals surface area contributed by atoms with Crippen molar-refractivity contribution in [1.82, 2.24) is 14.5 Å². The van der Waals surface area contributed by atoms with Crippen LogP contribution in [0.2, 0.25) is 0 Å². The third-order valence-corrected chi connectivity index (χ3v) is 8.39. The monoisotopic (exact) mass is 554 g/mol. The Bertz CT molecular complexity index is 1460. The van der Waals surface area contributed by atoms with Crippen LogP contribution in [0.4, 0.5) is 10.5 Å². The average Bonchev–Trinajstić information content (AvgIpc) is 2.96. The molecule has 1 unspecified atom stereocenters. The predicted molar refractivity (Wildman–Crippen MR) is 145 cm³/mol. The number of rotatable bonds is 8. The number of esters is 1. The van der Waals surface area contributed by atoms with Crippen LogP contribution in [0, 0.1) is 0 Å². The molecule has 39 heavy (non-hydrogen) atoms.